The number of rotatable bonds is 4. The van der Waals surface area contributed by atoms with Crippen molar-refractivity contribution in [3.8, 4) is 5.75 Å². The molecular weight excluding hydrogens is 228 g/mol. The van der Waals surface area contributed by atoms with E-state index in [0.29, 0.717) is 13.0 Å². The number of amides is 1. The predicted molar refractivity (Wildman–Crippen MR) is 70.7 cm³/mol. The minimum atomic E-state index is 0.185. The fourth-order valence-corrected chi connectivity index (χ4v) is 2.04. The van der Waals surface area contributed by atoms with Crippen molar-refractivity contribution in [3.63, 3.8) is 0 Å². The van der Waals surface area contributed by atoms with Crippen molar-refractivity contribution in [3.05, 3.63) is 29.8 Å². The lowest BCUT2D eigenvalue weighted by molar-refractivity contribution is -0.132. The fraction of sp³-hybridized carbons (Fsp3) is 0.500. The molecule has 1 heterocycles. The highest BCUT2D eigenvalue weighted by molar-refractivity contribution is 5.76. The summed E-state index contributed by atoms with van der Waals surface area (Å²) >= 11 is 0. The highest BCUT2D eigenvalue weighted by Gasteiger charge is 2.15. The van der Waals surface area contributed by atoms with E-state index in [0.717, 1.165) is 37.5 Å². The topological polar surface area (TPSA) is 41.6 Å². The maximum absolute atomic E-state index is 11.9. The van der Waals surface area contributed by atoms with E-state index in [-0.39, 0.29) is 5.91 Å². The number of benzene rings is 1. The van der Waals surface area contributed by atoms with E-state index in [1.54, 1.807) is 0 Å². The molecule has 18 heavy (non-hydrogen) atoms. The van der Waals surface area contributed by atoms with Gasteiger partial charge in [0.05, 0.1) is 13.0 Å². The third-order valence-electron chi connectivity index (χ3n) is 3.14. The highest BCUT2D eigenvalue weighted by Crippen LogP contribution is 2.16. The summed E-state index contributed by atoms with van der Waals surface area (Å²) in [6.45, 7) is 5.86. The average molecular weight is 248 g/mol. The molecule has 0 atom stereocenters. The van der Waals surface area contributed by atoms with Crippen LogP contribution in [0.1, 0.15) is 12.0 Å². The average Bonchev–Trinajstić information content (AvgIpc) is 2.42. The van der Waals surface area contributed by atoms with Gasteiger partial charge < -0.3 is 15.0 Å². The summed E-state index contributed by atoms with van der Waals surface area (Å²) in [6, 6.07) is 7.87. The van der Waals surface area contributed by atoms with Crippen molar-refractivity contribution < 1.29 is 9.53 Å². The second kappa shape index (κ2) is 6.40. The molecule has 98 valence electrons. The Morgan fingerprint density at radius 3 is 2.78 bits per heavy atom. The number of aryl methyl sites for hydroxylation is 1. The lowest BCUT2D eigenvalue weighted by atomic mass is 10.2. The summed E-state index contributed by atoms with van der Waals surface area (Å²) < 4.78 is 5.64. The molecule has 1 aliphatic rings. The van der Waals surface area contributed by atoms with Crippen molar-refractivity contribution in [2.75, 3.05) is 32.8 Å². The highest BCUT2D eigenvalue weighted by atomic mass is 16.5. The molecule has 0 spiro atoms. The summed E-state index contributed by atoms with van der Waals surface area (Å²) in [6.07, 6.45) is 0.453. The largest absolute Gasteiger partial charge is 0.493 e. The second-order valence-corrected chi connectivity index (χ2v) is 4.49. The van der Waals surface area contributed by atoms with Gasteiger partial charge in [-0.25, -0.2) is 0 Å². The van der Waals surface area contributed by atoms with Gasteiger partial charge in [-0.3, -0.25) is 4.79 Å². The van der Waals surface area contributed by atoms with E-state index in [4.69, 9.17) is 4.74 Å². The third-order valence-corrected chi connectivity index (χ3v) is 3.14. The second-order valence-electron chi connectivity index (χ2n) is 4.49. The Labute approximate surface area is 108 Å². The summed E-state index contributed by atoms with van der Waals surface area (Å²) in [5, 5.41) is 3.23. The number of carbonyl (C=O) groups excluding carboxylic acids is 1. The first-order valence-electron chi connectivity index (χ1n) is 6.44. The fourth-order valence-electron chi connectivity index (χ4n) is 2.04. The Hall–Kier alpha value is -1.55. The first kappa shape index (κ1) is 12.9. The Kier molecular flexibility index (Phi) is 4.59. The molecule has 0 bridgehead atoms. The van der Waals surface area contributed by atoms with Gasteiger partial charge in [-0.05, 0) is 18.6 Å². The van der Waals surface area contributed by atoms with E-state index in [1.165, 1.54) is 0 Å². The predicted octanol–water partition coefficient (Wildman–Crippen LogP) is 1.20. The van der Waals surface area contributed by atoms with Crippen LogP contribution in [-0.4, -0.2) is 43.6 Å². The third kappa shape index (κ3) is 3.47. The maximum Gasteiger partial charge on any atom is 0.226 e. The number of carbonyl (C=O) groups is 1. The Morgan fingerprint density at radius 1 is 1.33 bits per heavy atom. The van der Waals surface area contributed by atoms with E-state index < -0.39 is 0 Å². The summed E-state index contributed by atoms with van der Waals surface area (Å²) in [5.41, 5.74) is 1.10. The van der Waals surface area contributed by atoms with Crippen LogP contribution in [0.15, 0.2) is 24.3 Å². The van der Waals surface area contributed by atoms with Gasteiger partial charge in [0.2, 0.25) is 5.91 Å². The molecule has 4 nitrogen and oxygen atoms in total. The molecule has 0 saturated carbocycles. The number of nitrogens with one attached hydrogen (secondary N) is 1. The summed E-state index contributed by atoms with van der Waals surface area (Å²) in [4.78, 5) is 13.8. The Balaban J connectivity index is 1.75. The van der Waals surface area contributed by atoms with E-state index in [1.807, 2.05) is 36.1 Å². The number of nitrogens with zero attached hydrogens (tertiary/aromatic N) is 1. The number of para-hydroxylation sites is 1. The Bertz CT molecular complexity index is 401. The minimum absolute atomic E-state index is 0.185. The summed E-state index contributed by atoms with van der Waals surface area (Å²) in [5.74, 6) is 1.05. The molecule has 0 aliphatic carbocycles. The van der Waals surface area contributed by atoms with Crippen molar-refractivity contribution in [1.29, 1.82) is 0 Å². The smallest absolute Gasteiger partial charge is 0.226 e. The van der Waals surface area contributed by atoms with Crippen molar-refractivity contribution in [2.45, 2.75) is 13.3 Å². The van der Waals surface area contributed by atoms with Gasteiger partial charge in [0.25, 0.3) is 0 Å². The molecule has 1 aromatic rings. The van der Waals surface area contributed by atoms with Gasteiger partial charge in [-0.2, -0.15) is 0 Å². The first-order chi connectivity index (χ1) is 8.77. The lowest BCUT2D eigenvalue weighted by Gasteiger charge is -2.27. The zero-order valence-electron chi connectivity index (χ0n) is 10.8. The van der Waals surface area contributed by atoms with Gasteiger partial charge in [0, 0.05) is 26.2 Å². The van der Waals surface area contributed by atoms with Crippen LogP contribution in [0.4, 0.5) is 0 Å². The van der Waals surface area contributed by atoms with Crippen LogP contribution in [0.5, 0.6) is 5.75 Å². The Morgan fingerprint density at radius 2 is 2.06 bits per heavy atom. The van der Waals surface area contributed by atoms with Gasteiger partial charge in [0.15, 0.2) is 0 Å². The molecule has 1 N–H and O–H groups in total. The number of piperazine rings is 1. The van der Waals surface area contributed by atoms with Crippen LogP contribution in [0, 0.1) is 6.92 Å². The van der Waals surface area contributed by atoms with Gasteiger partial charge >= 0.3 is 0 Å². The van der Waals surface area contributed by atoms with E-state index >= 15 is 0 Å². The maximum atomic E-state index is 11.9. The van der Waals surface area contributed by atoms with E-state index in [9.17, 15) is 4.79 Å². The van der Waals surface area contributed by atoms with Gasteiger partial charge in [-0.15, -0.1) is 0 Å². The van der Waals surface area contributed by atoms with E-state index in [2.05, 4.69) is 5.32 Å². The molecule has 1 amide bonds. The van der Waals surface area contributed by atoms with Crippen LogP contribution < -0.4 is 10.1 Å². The number of hydrogen-bond acceptors (Lipinski definition) is 3. The summed E-state index contributed by atoms with van der Waals surface area (Å²) in [7, 11) is 0. The lowest BCUT2D eigenvalue weighted by Crippen LogP contribution is -2.46. The molecular formula is C14H20N2O2. The molecule has 0 unspecified atom stereocenters. The monoisotopic (exact) mass is 248 g/mol. The van der Waals surface area contributed by atoms with Gasteiger partial charge in [0.1, 0.15) is 5.75 Å². The van der Waals surface area contributed by atoms with Crippen molar-refractivity contribution >= 4 is 5.91 Å². The zero-order valence-corrected chi connectivity index (χ0v) is 10.8. The molecule has 1 saturated heterocycles. The van der Waals surface area contributed by atoms with Crippen LogP contribution in [0.3, 0.4) is 0 Å². The zero-order chi connectivity index (χ0) is 12.8. The molecule has 0 radical (unpaired) electrons. The van der Waals surface area contributed by atoms with Gasteiger partial charge in [-0.1, -0.05) is 18.2 Å². The molecule has 0 aromatic heterocycles. The van der Waals surface area contributed by atoms with Crippen LogP contribution in [0.25, 0.3) is 0 Å². The standard InChI is InChI=1S/C14H20N2O2/c1-12-4-2-3-5-13(12)18-11-6-14(17)16-9-7-15-8-10-16/h2-5,15H,6-11H2,1H3. The molecule has 4 heteroatoms. The van der Waals surface area contributed by atoms with Crippen LogP contribution >= 0.6 is 0 Å². The minimum Gasteiger partial charge on any atom is -0.493 e. The number of hydrogen-bond donors (Lipinski definition) is 1. The van der Waals surface area contributed by atoms with Crippen LogP contribution in [0.2, 0.25) is 0 Å². The number of ether oxygens (including phenoxy) is 1. The normalized spacial score (nSPS) is 15.5. The molecule has 1 fully saturated rings. The first-order valence-corrected chi connectivity index (χ1v) is 6.44. The quantitative estimate of drug-likeness (QED) is 0.870. The van der Waals surface area contributed by atoms with Crippen molar-refractivity contribution in [2.24, 2.45) is 0 Å². The van der Waals surface area contributed by atoms with Crippen molar-refractivity contribution in [1.82, 2.24) is 10.2 Å². The molecule has 2 rings (SSSR count). The SMILES string of the molecule is Cc1ccccc1OCCC(=O)N1CCNCC1. The molecule has 1 aliphatic heterocycles. The van der Waals surface area contributed by atoms with Crippen LogP contribution in [-0.2, 0) is 4.79 Å². The molecule has 1 aromatic carbocycles.